The zero-order valence-electron chi connectivity index (χ0n) is 9.22. The molecule has 0 N–H and O–H groups in total. The number of imide groups is 1. The molecule has 1 fully saturated rings. The summed E-state index contributed by atoms with van der Waals surface area (Å²) in [4.78, 5) is 24.9. The third kappa shape index (κ3) is 2.66. The molecule has 1 aliphatic heterocycles. The van der Waals surface area contributed by atoms with Crippen LogP contribution in [0.3, 0.4) is 0 Å². The van der Waals surface area contributed by atoms with Gasteiger partial charge in [-0.15, -0.1) is 6.42 Å². The van der Waals surface area contributed by atoms with Gasteiger partial charge in [-0.25, -0.2) is 0 Å². The lowest BCUT2D eigenvalue weighted by atomic mass is 10.2. The number of carbonyl (C=O) groups excluding carboxylic acids is 2. The van der Waals surface area contributed by atoms with Gasteiger partial charge in [-0.1, -0.05) is 34.0 Å². The number of halogens is 1. The number of benzene rings is 1. The van der Waals surface area contributed by atoms with Crippen molar-refractivity contribution >= 4 is 44.9 Å². The Morgan fingerprint density at radius 3 is 2.89 bits per heavy atom. The average Bonchev–Trinajstić information content (AvgIpc) is 2.57. The largest absolute Gasteiger partial charge is 0.294 e. The second-order valence-corrected chi connectivity index (χ2v) is 5.44. The van der Waals surface area contributed by atoms with E-state index in [9.17, 15) is 9.59 Å². The maximum atomic E-state index is 11.9. The standard InChI is InChI=1S/C13H8BrNO2S/c1-2-6-15-12(16)11(18-13(15)17)8-9-4-3-5-10(14)7-9/h1,3-5,7-8H,6H2/b11-8+. The van der Waals surface area contributed by atoms with Crippen LogP contribution in [0.15, 0.2) is 33.6 Å². The second-order valence-electron chi connectivity index (χ2n) is 3.53. The van der Waals surface area contributed by atoms with Gasteiger partial charge in [0.25, 0.3) is 11.1 Å². The van der Waals surface area contributed by atoms with Gasteiger partial charge in [0.05, 0.1) is 11.4 Å². The molecular formula is C13H8BrNO2S. The third-order valence-corrected chi connectivity index (χ3v) is 3.67. The Labute approximate surface area is 117 Å². The van der Waals surface area contributed by atoms with Crippen LogP contribution in [0.2, 0.25) is 0 Å². The molecule has 0 aliphatic carbocycles. The van der Waals surface area contributed by atoms with Crippen LogP contribution in [0, 0.1) is 12.3 Å². The zero-order valence-corrected chi connectivity index (χ0v) is 11.6. The number of nitrogens with zero attached hydrogens (tertiary/aromatic N) is 1. The molecule has 1 aromatic rings. The van der Waals surface area contributed by atoms with Crippen molar-refractivity contribution in [1.82, 2.24) is 4.90 Å². The van der Waals surface area contributed by atoms with E-state index in [1.165, 1.54) is 0 Å². The molecule has 0 radical (unpaired) electrons. The van der Waals surface area contributed by atoms with Crippen LogP contribution in [0.4, 0.5) is 4.79 Å². The van der Waals surface area contributed by atoms with Crippen molar-refractivity contribution in [3.05, 3.63) is 39.2 Å². The van der Waals surface area contributed by atoms with E-state index < -0.39 is 0 Å². The lowest BCUT2D eigenvalue weighted by molar-refractivity contribution is -0.122. The van der Waals surface area contributed by atoms with E-state index in [4.69, 9.17) is 6.42 Å². The van der Waals surface area contributed by atoms with Crippen molar-refractivity contribution in [2.75, 3.05) is 6.54 Å². The van der Waals surface area contributed by atoms with Crippen molar-refractivity contribution < 1.29 is 9.59 Å². The number of hydrogen-bond acceptors (Lipinski definition) is 3. The van der Waals surface area contributed by atoms with Crippen LogP contribution in [0.25, 0.3) is 6.08 Å². The maximum Gasteiger partial charge on any atom is 0.294 e. The van der Waals surface area contributed by atoms with E-state index in [0.717, 1.165) is 26.7 Å². The minimum atomic E-state index is -0.331. The van der Waals surface area contributed by atoms with Crippen LogP contribution in [0.5, 0.6) is 0 Å². The highest BCUT2D eigenvalue weighted by Gasteiger charge is 2.34. The second kappa shape index (κ2) is 5.42. The van der Waals surface area contributed by atoms with Gasteiger partial charge in [-0.3, -0.25) is 14.5 Å². The molecule has 3 nitrogen and oxygen atoms in total. The van der Waals surface area contributed by atoms with Crippen LogP contribution >= 0.6 is 27.7 Å². The summed E-state index contributed by atoms with van der Waals surface area (Å²) in [5, 5.41) is -0.320. The van der Waals surface area contributed by atoms with E-state index in [-0.39, 0.29) is 17.7 Å². The van der Waals surface area contributed by atoms with Crippen LogP contribution in [-0.4, -0.2) is 22.6 Å². The van der Waals surface area contributed by atoms with Gasteiger partial charge >= 0.3 is 0 Å². The number of hydrogen-bond donors (Lipinski definition) is 0. The molecule has 1 saturated heterocycles. The van der Waals surface area contributed by atoms with Crippen molar-refractivity contribution in [3.8, 4) is 12.3 Å². The summed E-state index contributed by atoms with van der Waals surface area (Å²) >= 11 is 4.26. The molecule has 90 valence electrons. The molecule has 0 bridgehead atoms. The Hall–Kier alpha value is -1.51. The van der Waals surface area contributed by atoms with Crippen LogP contribution in [0.1, 0.15) is 5.56 Å². The first-order valence-corrected chi connectivity index (χ1v) is 6.67. The van der Waals surface area contributed by atoms with Gasteiger partial charge in [0, 0.05) is 4.47 Å². The molecule has 0 spiro atoms. The maximum absolute atomic E-state index is 11.9. The fraction of sp³-hybridized carbons (Fsp3) is 0.0769. The molecule has 0 aromatic heterocycles. The molecule has 2 rings (SSSR count). The Morgan fingerprint density at radius 1 is 1.44 bits per heavy atom. The van der Waals surface area contributed by atoms with E-state index in [1.54, 1.807) is 6.08 Å². The Bertz CT molecular complexity index is 589. The minimum Gasteiger partial charge on any atom is -0.268 e. The summed E-state index contributed by atoms with van der Waals surface area (Å²) in [6.07, 6.45) is 6.81. The molecule has 0 unspecified atom stereocenters. The number of carbonyl (C=O) groups is 2. The van der Waals surface area contributed by atoms with E-state index >= 15 is 0 Å². The van der Waals surface area contributed by atoms with E-state index in [1.807, 2.05) is 24.3 Å². The van der Waals surface area contributed by atoms with Gasteiger partial charge in [0.2, 0.25) is 0 Å². The summed E-state index contributed by atoms with van der Waals surface area (Å²) < 4.78 is 0.916. The van der Waals surface area contributed by atoms with Crippen molar-refractivity contribution in [2.45, 2.75) is 0 Å². The molecule has 0 saturated carbocycles. The molecule has 0 atom stereocenters. The molecule has 1 aromatic carbocycles. The van der Waals surface area contributed by atoms with Gasteiger partial charge in [0.15, 0.2) is 0 Å². The third-order valence-electron chi connectivity index (χ3n) is 2.27. The van der Waals surface area contributed by atoms with Gasteiger partial charge in [-0.05, 0) is 35.5 Å². The first kappa shape index (κ1) is 12.9. The lowest BCUT2D eigenvalue weighted by Crippen LogP contribution is -2.28. The summed E-state index contributed by atoms with van der Waals surface area (Å²) in [5.74, 6) is 1.97. The quantitative estimate of drug-likeness (QED) is 0.620. The SMILES string of the molecule is C#CCN1C(=O)S/C(=C/c2cccc(Br)c2)C1=O. The fourth-order valence-electron chi connectivity index (χ4n) is 1.48. The molecule has 18 heavy (non-hydrogen) atoms. The van der Waals surface area contributed by atoms with E-state index in [2.05, 4.69) is 21.9 Å². The van der Waals surface area contributed by atoms with Crippen LogP contribution < -0.4 is 0 Å². The Balaban J connectivity index is 2.28. The van der Waals surface area contributed by atoms with Gasteiger partial charge in [0.1, 0.15) is 0 Å². The van der Waals surface area contributed by atoms with E-state index in [0.29, 0.717) is 4.91 Å². The minimum absolute atomic E-state index is 0.0144. The topological polar surface area (TPSA) is 37.4 Å². The Morgan fingerprint density at radius 2 is 2.22 bits per heavy atom. The number of amides is 2. The highest BCUT2D eigenvalue weighted by Crippen LogP contribution is 2.32. The average molecular weight is 322 g/mol. The molecule has 2 amide bonds. The number of rotatable bonds is 2. The highest BCUT2D eigenvalue weighted by atomic mass is 79.9. The number of thioether (sulfide) groups is 1. The monoisotopic (exact) mass is 321 g/mol. The van der Waals surface area contributed by atoms with Crippen LogP contribution in [-0.2, 0) is 4.79 Å². The molecule has 1 heterocycles. The molecule has 1 aliphatic rings. The molecular weight excluding hydrogens is 314 g/mol. The summed E-state index contributed by atoms with van der Waals surface area (Å²) in [6.45, 7) is 0.0144. The predicted octanol–water partition coefficient (Wildman–Crippen LogP) is 3.12. The summed E-state index contributed by atoms with van der Waals surface area (Å²) in [7, 11) is 0. The lowest BCUT2D eigenvalue weighted by Gasteiger charge is -2.06. The fourth-order valence-corrected chi connectivity index (χ4v) is 2.73. The smallest absolute Gasteiger partial charge is 0.268 e. The summed E-state index contributed by atoms with van der Waals surface area (Å²) in [6, 6.07) is 7.48. The zero-order chi connectivity index (χ0) is 13.1. The Kier molecular flexibility index (Phi) is 3.90. The van der Waals surface area contributed by atoms with Crippen molar-refractivity contribution in [1.29, 1.82) is 0 Å². The number of terminal acetylenes is 1. The van der Waals surface area contributed by atoms with Gasteiger partial charge < -0.3 is 0 Å². The predicted molar refractivity (Wildman–Crippen MR) is 75.7 cm³/mol. The van der Waals surface area contributed by atoms with Gasteiger partial charge in [-0.2, -0.15) is 0 Å². The first-order valence-electron chi connectivity index (χ1n) is 5.06. The van der Waals surface area contributed by atoms with Crippen molar-refractivity contribution in [3.63, 3.8) is 0 Å². The first-order chi connectivity index (χ1) is 8.61. The highest BCUT2D eigenvalue weighted by molar-refractivity contribution is 9.10. The summed E-state index contributed by atoms with van der Waals surface area (Å²) in [5.41, 5.74) is 0.857. The molecule has 5 heteroatoms. The van der Waals surface area contributed by atoms with Crippen molar-refractivity contribution in [2.24, 2.45) is 0 Å². The normalized spacial score (nSPS) is 17.3.